The molecule has 3 nitrogen and oxygen atoms in total. The zero-order valence-corrected chi connectivity index (χ0v) is 13.6. The van der Waals surface area contributed by atoms with Crippen molar-refractivity contribution < 1.29 is 4.74 Å². The molecule has 3 heteroatoms. The molecule has 1 N–H and O–H groups in total. The molecule has 1 aliphatic rings. The first-order valence-corrected chi connectivity index (χ1v) is 8.31. The third kappa shape index (κ3) is 5.42. The van der Waals surface area contributed by atoms with Crippen LogP contribution in [-0.4, -0.2) is 50.8 Å². The second-order valence-corrected chi connectivity index (χ2v) is 6.09. The fourth-order valence-electron chi connectivity index (χ4n) is 3.27. The van der Waals surface area contributed by atoms with Crippen LogP contribution in [0.4, 0.5) is 0 Å². The molecule has 1 heterocycles. The third-order valence-corrected chi connectivity index (χ3v) is 4.52. The molecule has 1 aromatic carbocycles. The van der Waals surface area contributed by atoms with E-state index in [1.54, 1.807) is 7.11 Å². The van der Waals surface area contributed by atoms with Crippen molar-refractivity contribution in [2.75, 3.05) is 39.9 Å². The minimum absolute atomic E-state index is 0.521. The van der Waals surface area contributed by atoms with Gasteiger partial charge < -0.3 is 10.1 Å². The molecule has 0 aliphatic carbocycles. The van der Waals surface area contributed by atoms with Gasteiger partial charge in [-0.3, -0.25) is 4.90 Å². The molecule has 0 amide bonds. The van der Waals surface area contributed by atoms with Crippen molar-refractivity contribution in [1.82, 2.24) is 10.2 Å². The van der Waals surface area contributed by atoms with E-state index >= 15 is 0 Å². The minimum atomic E-state index is 0.521. The minimum Gasteiger partial charge on any atom is -0.383 e. The predicted octanol–water partition coefficient (Wildman–Crippen LogP) is 2.57. The molecule has 21 heavy (non-hydrogen) atoms. The van der Waals surface area contributed by atoms with Crippen LogP contribution in [0.1, 0.15) is 25.3 Å². The van der Waals surface area contributed by atoms with Crippen LogP contribution in [0.15, 0.2) is 30.3 Å². The van der Waals surface area contributed by atoms with Crippen LogP contribution in [0.3, 0.4) is 0 Å². The molecule has 1 fully saturated rings. The van der Waals surface area contributed by atoms with Gasteiger partial charge in [0.15, 0.2) is 0 Å². The number of hydrogen-bond donors (Lipinski definition) is 1. The van der Waals surface area contributed by atoms with Crippen molar-refractivity contribution in [2.45, 2.75) is 32.2 Å². The Labute approximate surface area is 129 Å². The van der Waals surface area contributed by atoms with Crippen molar-refractivity contribution in [3.63, 3.8) is 0 Å². The first-order valence-electron chi connectivity index (χ1n) is 8.31. The van der Waals surface area contributed by atoms with Gasteiger partial charge in [0.05, 0.1) is 6.61 Å². The number of benzene rings is 1. The summed E-state index contributed by atoms with van der Waals surface area (Å²) in [6.45, 7) is 7.47. The van der Waals surface area contributed by atoms with Gasteiger partial charge in [-0.1, -0.05) is 37.3 Å². The number of nitrogens with zero attached hydrogens (tertiary/aromatic N) is 1. The second kappa shape index (κ2) is 9.19. The SMILES string of the molecule is CCNCC(COC)N1CCC(Cc2ccccc2)CC1. The summed E-state index contributed by atoms with van der Waals surface area (Å²) in [6.07, 6.45) is 3.85. The molecule has 1 aromatic rings. The molecule has 1 aliphatic heterocycles. The summed E-state index contributed by atoms with van der Waals surface area (Å²) in [6, 6.07) is 11.4. The van der Waals surface area contributed by atoms with Crippen LogP contribution in [0.25, 0.3) is 0 Å². The number of ether oxygens (including phenoxy) is 1. The zero-order valence-electron chi connectivity index (χ0n) is 13.6. The Morgan fingerprint density at radius 2 is 1.95 bits per heavy atom. The average Bonchev–Trinajstić information content (AvgIpc) is 2.53. The van der Waals surface area contributed by atoms with Crippen molar-refractivity contribution in [3.8, 4) is 0 Å². The number of nitrogens with one attached hydrogen (secondary N) is 1. The van der Waals surface area contributed by atoms with Gasteiger partial charge in [-0.05, 0) is 50.4 Å². The molecule has 0 bridgehead atoms. The zero-order chi connectivity index (χ0) is 14.9. The van der Waals surface area contributed by atoms with Gasteiger partial charge in [0.1, 0.15) is 0 Å². The summed E-state index contributed by atoms with van der Waals surface area (Å²) in [5.41, 5.74) is 1.48. The number of methoxy groups -OCH3 is 1. The van der Waals surface area contributed by atoms with E-state index in [1.807, 2.05) is 0 Å². The molecular weight excluding hydrogens is 260 g/mol. The van der Waals surface area contributed by atoms with Crippen LogP contribution in [0, 0.1) is 5.92 Å². The molecule has 0 aromatic heterocycles. The highest BCUT2D eigenvalue weighted by atomic mass is 16.5. The Morgan fingerprint density at radius 3 is 2.57 bits per heavy atom. The molecule has 1 saturated heterocycles. The lowest BCUT2D eigenvalue weighted by Crippen LogP contribution is -2.48. The first kappa shape index (κ1) is 16.5. The van der Waals surface area contributed by atoms with Crippen LogP contribution in [0.5, 0.6) is 0 Å². The van der Waals surface area contributed by atoms with E-state index in [2.05, 4.69) is 47.5 Å². The van der Waals surface area contributed by atoms with Gasteiger partial charge in [-0.2, -0.15) is 0 Å². The lowest BCUT2D eigenvalue weighted by Gasteiger charge is -2.37. The number of rotatable bonds is 8. The quantitative estimate of drug-likeness (QED) is 0.796. The van der Waals surface area contributed by atoms with Crippen LogP contribution in [0.2, 0.25) is 0 Å². The Balaban J connectivity index is 1.78. The third-order valence-electron chi connectivity index (χ3n) is 4.52. The smallest absolute Gasteiger partial charge is 0.0630 e. The second-order valence-electron chi connectivity index (χ2n) is 6.09. The molecule has 2 rings (SSSR count). The van der Waals surface area contributed by atoms with Crippen LogP contribution in [-0.2, 0) is 11.2 Å². The monoisotopic (exact) mass is 290 g/mol. The fraction of sp³-hybridized carbons (Fsp3) is 0.667. The topological polar surface area (TPSA) is 24.5 Å². The van der Waals surface area contributed by atoms with Gasteiger partial charge in [0, 0.05) is 19.7 Å². The van der Waals surface area contributed by atoms with Crippen molar-refractivity contribution in [2.24, 2.45) is 5.92 Å². The maximum Gasteiger partial charge on any atom is 0.0630 e. The Morgan fingerprint density at radius 1 is 1.24 bits per heavy atom. The molecule has 0 saturated carbocycles. The molecule has 118 valence electrons. The van der Waals surface area contributed by atoms with Crippen molar-refractivity contribution in [3.05, 3.63) is 35.9 Å². The van der Waals surface area contributed by atoms with Crippen LogP contribution < -0.4 is 5.32 Å². The predicted molar refractivity (Wildman–Crippen MR) is 88.7 cm³/mol. The van der Waals surface area contributed by atoms with Gasteiger partial charge in [0.25, 0.3) is 0 Å². The standard InChI is InChI=1S/C18H30N2O/c1-3-19-14-18(15-21-2)20-11-9-17(10-12-20)13-16-7-5-4-6-8-16/h4-8,17-19H,3,9-15H2,1-2H3. The summed E-state index contributed by atoms with van der Waals surface area (Å²) in [7, 11) is 1.81. The Bertz CT molecular complexity index is 374. The lowest BCUT2D eigenvalue weighted by molar-refractivity contribution is 0.0647. The van der Waals surface area contributed by atoms with Crippen LogP contribution >= 0.6 is 0 Å². The van der Waals surface area contributed by atoms with E-state index in [1.165, 1.54) is 37.9 Å². The van der Waals surface area contributed by atoms with E-state index in [9.17, 15) is 0 Å². The highest BCUT2D eigenvalue weighted by Crippen LogP contribution is 2.22. The molecule has 0 radical (unpaired) electrons. The average molecular weight is 290 g/mol. The highest BCUT2D eigenvalue weighted by Gasteiger charge is 2.24. The van der Waals surface area contributed by atoms with E-state index in [-0.39, 0.29) is 0 Å². The van der Waals surface area contributed by atoms with Gasteiger partial charge in [-0.25, -0.2) is 0 Å². The van der Waals surface area contributed by atoms with E-state index in [0.717, 1.165) is 25.6 Å². The molecular formula is C18H30N2O. The molecule has 0 spiro atoms. The molecule has 1 atom stereocenters. The largest absolute Gasteiger partial charge is 0.383 e. The highest BCUT2D eigenvalue weighted by molar-refractivity contribution is 5.15. The van der Waals surface area contributed by atoms with Crippen molar-refractivity contribution in [1.29, 1.82) is 0 Å². The first-order chi connectivity index (χ1) is 10.3. The van der Waals surface area contributed by atoms with E-state index in [4.69, 9.17) is 4.74 Å². The number of likely N-dealkylation sites (N-methyl/N-ethyl adjacent to an activating group) is 1. The lowest BCUT2D eigenvalue weighted by atomic mass is 9.89. The van der Waals surface area contributed by atoms with Gasteiger partial charge >= 0.3 is 0 Å². The Hall–Kier alpha value is -0.900. The van der Waals surface area contributed by atoms with E-state index < -0.39 is 0 Å². The fourth-order valence-corrected chi connectivity index (χ4v) is 3.27. The summed E-state index contributed by atoms with van der Waals surface area (Å²) in [5, 5.41) is 3.46. The maximum absolute atomic E-state index is 5.40. The van der Waals surface area contributed by atoms with Gasteiger partial charge in [-0.15, -0.1) is 0 Å². The van der Waals surface area contributed by atoms with Gasteiger partial charge in [0.2, 0.25) is 0 Å². The summed E-state index contributed by atoms with van der Waals surface area (Å²) < 4.78 is 5.40. The van der Waals surface area contributed by atoms with Crippen molar-refractivity contribution >= 4 is 0 Å². The normalized spacial score (nSPS) is 18.8. The summed E-state index contributed by atoms with van der Waals surface area (Å²) >= 11 is 0. The number of likely N-dealkylation sites (tertiary alicyclic amines) is 1. The van der Waals surface area contributed by atoms with E-state index in [0.29, 0.717) is 6.04 Å². The Kier molecular flexibility index (Phi) is 7.20. The number of piperidine rings is 1. The summed E-state index contributed by atoms with van der Waals surface area (Å²) in [5.74, 6) is 0.839. The number of hydrogen-bond acceptors (Lipinski definition) is 3. The maximum atomic E-state index is 5.40. The molecule has 1 unspecified atom stereocenters. The summed E-state index contributed by atoms with van der Waals surface area (Å²) in [4.78, 5) is 2.60.